The Bertz CT molecular complexity index is 514. The molecule has 90 valence electrons. The Morgan fingerprint density at radius 1 is 1.29 bits per heavy atom. The molecule has 0 unspecified atom stereocenters. The van der Waals surface area contributed by atoms with E-state index in [-0.39, 0.29) is 0 Å². The van der Waals surface area contributed by atoms with Crippen molar-refractivity contribution in [2.24, 2.45) is 0 Å². The Morgan fingerprint density at radius 3 is 2.53 bits per heavy atom. The van der Waals surface area contributed by atoms with Gasteiger partial charge in [-0.25, -0.2) is 4.68 Å². The third-order valence-corrected chi connectivity index (χ3v) is 3.14. The quantitative estimate of drug-likeness (QED) is 0.928. The van der Waals surface area contributed by atoms with Crippen LogP contribution in [-0.4, -0.2) is 16.8 Å². The van der Waals surface area contributed by atoms with Crippen LogP contribution >= 0.6 is 23.2 Å². The number of aromatic nitrogens is 2. The van der Waals surface area contributed by atoms with Crippen LogP contribution in [0.4, 0.5) is 0 Å². The topological polar surface area (TPSA) is 29.9 Å². The van der Waals surface area contributed by atoms with Crippen molar-refractivity contribution >= 4 is 23.2 Å². The van der Waals surface area contributed by atoms with Crippen LogP contribution in [0.15, 0.2) is 24.4 Å². The molecule has 0 aliphatic carbocycles. The zero-order valence-electron chi connectivity index (χ0n) is 9.67. The minimum Gasteiger partial charge on any atom is -0.316 e. The Morgan fingerprint density at radius 2 is 1.94 bits per heavy atom. The smallest absolute Gasteiger partial charge is 0.102 e. The number of hydrogen-bond acceptors (Lipinski definition) is 2. The van der Waals surface area contributed by atoms with Gasteiger partial charge in [-0.2, -0.15) is 5.10 Å². The summed E-state index contributed by atoms with van der Waals surface area (Å²) < 4.78 is 1.73. The molecule has 0 amide bonds. The number of para-hydroxylation sites is 1. The fraction of sp³-hybridized carbons (Fsp3) is 0.250. The van der Waals surface area contributed by atoms with Gasteiger partial charge in [0.2, 0.25) is 0 Å². The molecule has 17 heavy (non-hydrogen) atoms. The first-order chi connectivity index (χ1) is 8.13. The number of aryl methyl sites for hydroxylation is 1. The van der Waals surface area contributed by atoms with Crippen molar-refractivity contribution in [2.45, 2.75) is 13.5 Å². The second-order valence-corrected chi connectivity index (χ2v) is 4.60. The molecule has 0 radical (unpaired) electrons. The van der Waals surface area contributed by atoms with E-state index < -0.39 is 0 Å². The number of halogens is 2. The molecule has 2 aromatic rings. The van der Waals surface area contributed by atoms with Gasteiger partial charge in [-0.15, -0.1) is 0 Å². The van der Waals surface area contributed by atoms with E-state index in [1.165, 1.54) is 0 Å². The van der Waals surface area contributed by atoms with Crippen LogP contribution < -0.4 is 5.32 Å². The second-order valence-electron chi connectivity index (χ2n) is 3.78. The standard InChI is InChI=1S/C12H13Cl2N3/c1-8-9(6-15-2)7-17(16-8)12-10(13)4-3-5-11(12)14/h3-5,7,15H,6H2,1-2H3. The molecule has 0 atom stereocenters. The summed E-state index contributed by atoms with van der Waals surface area (Å²) in [5.41, 5.74) is 2.82. The van der Waals surface area contributed by atoms with E-state index in [0.29, 0.717) is 10.0 Å². The molecule has 5 heteroatoms. The van der Waals surface area contributed by atoms with Crippen LogP contribution in [0.5, 0.6) is 0 Å². The molecule has 1 N–H and O–H groups in total. The zero-order valence-corrected chi connectivity index (χ0v) is 11.2. The van der Waals surface area contributed by atoms with Gasteiger partial charge in [0, 0.05) is 18.3 Å². The molecule has 0 saturated carbocycles. The normalized spacial score (nSPS) is 10.8. The summed E-state index contributed by atoms with van der Waals surface area (Å²) in [5, 5.41) is 8.72. The summed E-state index contributed by atoms with van der Waals surface area (Å²) in [6, 6.07) is 5.42. The molecule has 0 aliphatic heterocycles. The van der Waals surface area contributed by atoms with Gasteiger partial charge >= 0.3 is 0 Å². The predicted molar refractivity (Wildman–Crippen MR) is 71.1 cm³/mol. The molecule has 1 aromatic heterocycles. The van der Waals surface area contributed by atoms with Gasteiger partial charge < -0.3 is 5.32 Å². The van der Waals surface area contributed by atoms with Crippen LogP contribution in [0.25, 0.3) is 5.69 Å². The molecule has 1 aromatic carbocycles. The van der Waals surface area contributed by atoms with Gasteiger partial charge in [0.25, 0.3) is 0 Å². The van der Waals surface area contributed by atoms with Crippen molar-refractivity contribution in [3.63, 3.8) is 0 Å². The average molecular weight is 270 g/mol. The molecule has 0 saturated heterocycles. The lowest BCUT2D eigenvalue weighted by Crippen LogP contribution is -2.05. The van der Waals surface area contributed by atoms with E-state index in [9.17, 15) is 0 Å². The van der Waals surface area contributed by atoms with Crippen LogP contribution in [0.1, 0.15) is 11.3 Å². The maximum Gasteiger partial charge on any atom is 0.102 e. The highest BCUT2D eigenvalue weighted by molar-refractivity contribution is 6.37. The fourth-order valence-electron chi connectivity index (χ4n) is 1.68. The van der Waals surface area contributed by atoms with Gasteiger partial charge in [-0.1, -0.05) is 29.3 Å². The Kier molecular flexibility index (Phi) is 3.72. The summed E-state index contributed by atoms with van der Waals surface area (Å²) in [4.78, 5) is 0. The van der Waals surface area contributed by atoms with E-state index in [1.807, 2.05) is 26.2 Å². The molecular weight excluding hydrogens is 257 g/mol. The van der Waals surface area contributed by atoms with E-state index in [2.05, 4.69) is 10.4 Å². The summed E-state index contributed by atoms with van der Waals surface area (Å²) in [6.45, 7) is 2.74. The number of rotatable bonds is 3. The SMILES string of the molecule is CNCc1cn(-c2c(Cl)cccc2Cl)nc1C. The lowest BCUT2D eigenvalue weighted by molar-refractivity contribution is 0.812. The first-order valence-electron chi connectivity index (χ1n) is 5.27. The first kappa shape index (κ1) is 12.4. The molecule has 3 nitrogen and oxygen atoms in total. The third kappa shape index (κ3) is 2.46. The Labute approximate surface area is 110 Å². The van der Waals surface area contributed by atoms with Crippen molar-refractivity contribution in [1.82, 2.24) is 15.1 Å². The average Bonchev–Trinajstić information content (AvgIpc) is 2.60. The lowest BCUT2D eigenvalue weighted by Gasteiger charge is -2.06. The van der Waals surface area contributed by atoms with Crippen molar-refractivity contribution < 1.29 is 0 Å². The molecule has 0 spiro atoms. The summed E-state index contributed by atoms with van der Waals surface area (Å²) in [6.07, 6.45) is 1.94. The van der Waals surface area contributed by atoms with Crippen molar-refractivity contribution in [1.29, 1.82) is 0 Å². The van der Waals surface area contributed by atoms with Crippen molar-refractivity contribution in [2.75, 3.05) is 7.05 Å². The maximum absolute atomic E-state index is 6.14. The fourth-order valence-corrected chi connectivity index (χ4v) is 2.25. The highest BCUT2D eigenvalue weighted by Crippen LogP contribution is 2.28. The summed E-state index contributed by atoms with van der Waals surface area (Å²) in [5.74, 6) is 0. The van der Waals surface area contributed by atoms with E-state index >= 15 is 0 Å². The first-order valence-corrected chi connectivity index (χ1v) is 6.03. The van der Waals surface area contributed by atoms with Crippen LogP contribution in [0, 0.1) is 6.92 Å². The molecule has 0 fully saturated rings. The number of nitrogens with zero attached hydrogens (tertiary/aromatic N) is 2. The zero-order chi connectivity index (χ0) is 12.4. The van der Waals surface area contributed by atoms with Crippen LogP contribution in [0.2, 0.25) is 10.0 Å². The molecule has 2 rings (SSSR count). The monoisotopic (exact) mass is 269 g/mol. The van der Waals surface area contributed by atoms with Gasteiger partial charge in [-0.05, 0) is 26.1 Å². The predicted octanol–water partition coefficient (Wildman–Crippen LogP) is 3.21. The lowest BCUT2D eigenvalue weighted by atomic mass is 10.2. The van der Waals surface area contributed by atoms with E-state index in [0.717, 1.165) is 23.5 Å². The molecule has 0 aliphatic rings. The summed E-state index contributed by atoms with van der Waals surface area (Å²) in [7, 11) is 1.90. The molecule has 1 heterocycles. The van der Waals surface area contributed by atoms with E-state index in [1.54, 1.807) is 16.8 Å². The van der Waals surface area contributed by atoms with Crippen molar-refractivity contribution in [3.8, 4) is 5.69 Å². The maximum atomic E-state index is 6.14. The van der Waals surface area contributed by atoms with Crippen LogP contribution in [0.3, 0.4) is 0 Å². The van der Waals surface area contributed by atoms with Gasteiger partial charge in [0.05, 0.1) is 15.7 Å². The van der Waals surface area contributed by atoms with E-state index in [4.69, 9.17) is 23.2 Å². The molecule has 0 bridgehead atoms. The minimum absolute atomic E-state index is 0.594. The van der Waals surface area contributed by atoms with Gasteiger partial charge in [0.15, 0.2) is 0 Å². The highest BCUT2D eigenvalue weighted by Gasteiger charge is 2.11. The largest absolute Gasteiger partial charge is 0.316 e. The van der Waals surface area contributed by atoms with Gasteiger partial charge in [-0.3, -0.25) is 0 Å². The summed E-state index contributed by atoms with van der Waals surface area (Å²) >= 11 is 12.3. The third-order valence-electron chi connectivity index (χ3n) is 2.53. The van der Waals surface area contributed by atoms with Crippen LogP contribution in [-0.2, 0) is 6.54 Å². The molecular formula is C12H13Cl2N3. The Balaban J connectivity index is 2.50. The Hall–Kier alpha value is -1.03. The van der Waals surface area contributed by atoms with Crippen molar-refractivity contribution in [3.05, 3.63) is 45.7 Å². The number of nitrogens with one attached hydrogen (secondary N) is 1. The number of benzene rings is 1. The minimum atomic E-state index is 0.594. The highest BCUT2D eigenvalue weighted by atomic mass is 35.5. The second kappa shape index (κ2) is 5.08. The van der Waals surface area contributed by atoms with Gasteiger partial charge in [0.1, 0.15) is 5.69 Å². The number of hydrogen-bond donors (Lipinski definition) is 1.